The molecule has 0 aliphatic rings. The highest BCUT2D eigenvalue weighted by atomic mass is 79.9. The molecule has 0 aromatic carbocycles. The van der Waals surface area contributed by atoms with Gasteiger partial charge in [0, 0.05) is 0 Å². The van der Waals surface area contributed by atoms with Gasteiger partial charge in [-0.05, 0) is 22.9 Å². The zero-order valence-electron chi connectivity index (χ0n) is 5.37. The number of aromatic nitrogens is 1. The van der Waals surface area contributed by atoms with E-state index in [4.69, 9.17) is 0 Å². The molecule has 1 aromatic rings. The first-order chi connectivity index (χ1) is 4.93. The molecule has 0 bridgehead atoms. The van der Waals surface area contributed by atoms with Gasteiger partial charge in [-0.2, -0.15) is 13.2 Å². The molecule has 0 spiro atoms. The van der Waals surface area contributed by atoms with Gasteiger partial charge in [-0.15, -0.1) is 0 Å². The van der Waals surface area contributed by atoms with Crippen molar-refractivity contribution in [1.82, 2.24) is 5.16 Å². The maximum absolute atomic E-state index is 11.9. The second kappa shape index (κ2) is 2.51. The zero-order valence-corrected chi connectivity index (χ0v) is 6.95. The third-order valence-corrected chi connectivity index (χ3v) is 1.98. The van der Waals surface area contributed by atoms with Gasteiger partial charge in [0.05, 0.1) is 10.2 Å². The fraction of sp³-hybridized carbons (Fsp3) is 0.400. The topological polar surface area (TPSA) is 26.0 Å². The van der Waals surface area contributed by atoms with Gasteiger partial charge in [0.1, 0.15) is 0 Å². The lowest BCUT2D eigenvalue weighted by molar-refractivity contribution is -0.156. The van der Waals surface area contributed by atoms with Gasteiger partial charge < -0.3 is 4.52 Å². The normalized spacial score (nSPS) is 12.1. The molecule has 62 valence electrons. The molecule has 0 atom stereocenters. The summed E-state index contributed by atoms with van der Waals surface area (Å²) in [6, 6.07) is 0. The standard InChI is InChI=1S/C5H3BrF3NO/c1-2-3(6)4(11-10-2)5(7,8)9/h1H3. The molecule has 0 aliphatic heterocycles. The average Bonchev–Trinajstić information content (AvgIpc) is 2.11. The number of nitrogens with zero attached hydrogens (tertiary/aromatic N) is 1. The number of rotatable bonds is 0. The summed E-state index contributed by atoms with van der Waals surface area (Å²) < 4.78 is 39.6. The highest BCUT2D eigenvalue weighted by Gasteiger charge is 2.39. The van der Waals surface area contributed by atoms with Crippen molar-refractivity contribution in [3.8, 4) is 0 Å². The van der Waals surface area contributed by atoms with Crippen molar-refractivity contribution in [3.05, 3.63) is 15.9 Å². The molecule has 0 aliphatic carbocycles. The molecule has 0 radical (unpaired) electrons. The van der Waals surface area contributed by atoms with Crippen LogP contribution >= 0.6 is 15.9 Å². The van der Waals surface area contributed by atoms with Gasteiger partial charge in [-0.1, -0.05) is 5.16 Å². The molecule has 1 aromatic heterocycles. The SMILES string of the molecule is Cc1noc(C(F)(F)F)c1Br. The van der Waals surface area contributed by atoms with Crippen LogP contribution in [0.5, 0.6) is 0 Å². The molecule has 1 heterocycles. The van der Waals surface area contributed by atoms with Crippen molar-refractivity contribution in [2.45, 2.75) is 13.1 Å². The smallest absolute Gasteiger partial charge is 0.350 e. The van der Waals surface area contributed by atoms with Crippen LogP contribution in [0.4, 0.5) is 13.2 Å². The Morgan fingerprint density at radius 3 is 2.18 bits per heavy atom. The van der Waals surface area contributed by atoms with Crippen molar-refractivity contribution in [2.24, 2.45) is 0 Å². The van der Waals surface area contributed by atoms with E-state index in [1.165, 1.54) is 6.92 Å². The van der Waals surface area contributed by atoms with Crippen molar-refractivity contribution in [2.75, 3.05) is 0 Å². The van der Waals surface area contributed by atoms with Gasteiger partial charge in [0.2, 0.25) is 0 Å². The molecule has 0 N–H and O–H groups in total. The van der Waals surface area contributed by atoms with Crippen molar-refractivity contribution < 1.29 is 17.7 Å². The predicted molar refractivity (Wildman–Crippen MR) is 33.9 cm³/mol. The average molecular weight is 230 g/mol. The van der Waals surface area contributed by atoms with Crippen LogP contribution in [0.2, 0.25) is 0 Å². The quantitative estimate of drug-likeness (QED) is 0.684. The number of hydrogen-bond donors (Lipinski definition) is 0. The Morgan fingerprint density at radius 1 is 1.45 bits per heavy atom. The van der Waals surface area contributed by atoms with Crippen LogP contribution in [0.3, 0.4) is 0 Å². The van der Waals surface area contributed by atoms with Gasteiger partial charge >= 0.3 is 6.18 Å². The van der Waals surface area contributed by atoms with Gasteiger partial charge in [-0.3, -0.25) is 0 Å². The van der Waals surface area contributed by atoms with E-state index in [9.17, 15) is 13.2 Å². The number of halogens is 4. The van der Waals surface area contributed by atoms with Crippen LogP contribution in [-0.2, 0) is 6.18 Å². The molecule has 0 fully saturated rings. The van der Waals surface area contributed by atoms with E-state index in [1.54, 1.807) is 0 Å². The van der Waals surface area contributed by atoms with Crippen molar-refractivity contribution in [3.63, 3.8) is 0 Å². The Balaban J connectivity index is 3.15. The molecular formula is C5H3BrF3NO. The number of hydrogen-bond acceptors (Lipinski definition) is 2. The van der Waals surface area contributed by atoms with Crippen LogP contribution in [0.15, 0.2) is 9.00 Å². The lowest BCUT2D eigenvalue weighted by atomic mass is 10.4. The van der Waals surface area contributed by atoms with Gasteiger partial charge in [-0.25, -0.2) is 0 Å². The van der Waals surface area contributed by atoms with E-state index >= 15 is 0 Å². The van der Waals surface area contributed by atoms with Crippen LogP contribution < -0.4 is 0 Å². The first-order valence-corrected chi connectivity index (χ1v) is 3.41. The predicted octanol–water partition coefficient (Wildman–Crippen LogP) is 2.76. The van der Waals surface area contributed by atoms with Gasteiger partial charge in [0.25, 0.3) is 5.76 Å². The lowest BCUT2D eigenvalue weighted by Gasteiger charge is -1.99. The molecule has 11 heavy (non-hydrogen) atoms. The minimum absolute atomic E-state index is 0.134. The molecule has 0 amide bonds. The van der Waals surface area contributed by atoms with E-state index in [1.807, 2.05) is 0 Å². The minimum Gasteiger partial charge on any atom is -0.350 e. The number of alkyl halides is 3. The summed E-state index contributed by atoms with van der Waals surface area (Å²) in [6.07, 6.45) is -4.47. The molecule has 1 rings (SSSR count). The lowest BCUT2D eigenvalue weighted by Crippen LogP contribution is -2.03. The van der Waals surface area contributed by atoms with Crippen LogP contribution in [0.1, 0.15) is 11.5 Å². The summed E-state index contributed by atoms with van der Waals surface area (Å²) in [6.45, 7) is 1.42. The van der Waals surface area contributed by atoms with E-state index in [0.717, 1.165) is 0 Å². The van der Waals surface area contributed by atoms with E-state index in [-0.39, 0.29) is 10.2 Å². The summed E-state index contributed by atoms with van der Waals surface area (Å²) >= 11 is 2.71. The Morgan fingerprint density at radius 2 is 2.00 bits per heavy atom. The molecule has 0 saturated carbocycles. The second-order valence-electron chi connectivity index (χ2n) is 1.91. The highest BCUT2D eigenvalue weighted by molar-refractivity contribution is 9.10. The summed E-state index contributed by atoms with van der Waals surface area (Å²) in [7, 11) is 0. The largest absolute Gasteiger partial charge is 0.453 e. The third-order valence-electron chi connectivity index (χ3n) is 1.05. The highest BCUT2D eigenvalue weighted by Crippen LogP contribution is 2.35. The fourth-order valence-corrected chi connectivity index (χ4v) is 0.904. The van der Waals surface area contributed by atoms with Crippen LogP contribution in [0.25, 0.3) is 0 Å². The first-order valence-electron chi connectivity index (χ1n) is 2.62. The Bertz CT molecular complexity index is 267. The van der Waals surface area contributed by atoms with E-state index < -0.39 is 11.9 Å². The summed E-state index contributed by atoms with van der Waals surface area (Å²) in [5.74, 6) is -1.09. The van der Waals surface area contributed by atoms with Crippen molar-refractivity contribution >= 4 is 15.9 Å². The Kier molecular flexibility index (Phi) is 1.96. The molecule has 0 unspecified atom stereocenters. The van der Waals surface area contributed by atoms with E-state index in [0.29, 0.717) is 0 Å². The summed E-state index contributed by atoms with van der Waals surface area (Å²) in [4.78, 5) is 0. The van der Waals surface area contributed by atoms with Crippen molar-refractivity contribution in [1.29, 1.82) is 0 Å². The maximum atomic E-state index is 11.9. The van der Waals surface area contributed by atoms with Crippen LogP contribution in [-0.4, -0.2) is 5.16 Å². The zero-order chi connectivity index (χ0) is 8.65. The van der Waals surface area contributed by atoms with E-state index in [2.05, 4.69) is 25.6 Å². The summed E-state index contributed by atoms with van der Waals surface area (Å²) in [5.41, 5.74) is 0.192. The Labute approximate surface area is 68.5 Å². The fourth-order valence-electron chi connectivity index (χ4n) is 0.535. The molecule has 6 heteroatoms. The van der Waals surface area contributed by atoms with Gasteiger partial charge in [0.15, 0.2) is 0 Å². The number of aryl methyl sites for hydroxylation is 1. The third kappa shape index (κ3) is 1.55. The summed E-state index contributed by atoms with van der Waals surface area (Å²) in [5, 5.41) is 3.14. The minimum atomic E-state index is -4.47. The molecular weight excluding hydrogens is 227 g/mol. The molecule has 0 saturated heterocycles. The maximum Gasteiger partial charge on any atom is 0.453 e. The monoisotopic (exact) mass is 229 g/mol. The Hall–Kier alpha value is -0.520. The molecule has 2 nitrogen and oxygen atoms in total. The second-order valence-corrected chi connectivity index (χ2v) is 2.70. The first kappa shape index (κ1) is 8.58. The van der Waals surface area contributed by atoms with Crippen LogP contribution in [0, 0.1) is 6.92 Å².